The Morgan fingerprint density at radius 2 is 1.86 bits per heavy atom. The Labute approximate surface area is 133 Å². The molecule has 0 aliphatic rings. The molecular formula is C14H14ClN3O3S. The average Bonchev–Trinajstić information content (AvgIpc) is 2.46. The molecule has 1 aromatic carbocycles. The van der Waals surface area contributed by atoms with E-state index in [0.29, 0.717) is 5.69 Å². The lowest BCUT2D eigenvalue weighted by Gasteiger charge is -2.08. The number of nitrogens with zero attached hydrogens (tertiary/aromatic N) is 1. The number of hydrogen-bond acceptors (Lipinski definition) is 4. The molecule has 8 heteroatoms. The number of nitrogens with one attached hydrogen (secondary N) is 2. The molecule has 0 fully saturated rings. The van der Waals surface area contributed by atoms with Crippen LogP contribution in [0.2, 0.25) is 5.15 Å². The molecule has 1 aromatic heterocycles. The average molecular weight is 340 g/mol. The first-order valence-electron chi connectivity index (χ1n) is 6.34. The highest BCUT2D eigenvalue weighted by atomic mass is 35.5. The molecule has 0 unspecified atom stereocenters. The van der Waals surface area contributed by atoms with E-state index in [4.69, 9.17) is 11.6 Å². The second-order valence-corrected chi connectivity index (χ2v) is 6.67. The van der Waals surface area contributed by atoms with Crippen LogP contribution in [0.1, 0.15) is 12.5 Å². The standard InChI is InChI=1S/C14H14ClN3O3S/c1-10(19)18-12-4-2-11(3-5-12)8-17-22(20,21)13-6-7-14(15)16-9-13/h2-7,9,17H,8H2,1H3,(H,18,19). The van der Waals surface area contributed by atoms with Gasteiger partial charge >= 0.3 is 0 Å². The molecule has 0 radical (unpaired) electrons. The predicted octanol–water partition coefficient (Wildman–Crippen LogP) is 2.17. The Bertz CT molecular complexity index is 759. The number of anilines is 1. The summed E-state index contributed by atoms with van der Waals surface area (Å²) >= 11 is 5.63. The lowest BCUT2D eigenvalue weighted by molar-refractivity contribution is -0.114. The van der Waals surface area contributed by atoms with Gasteiger partial charge < -0.3 is 5.32 Å². The second kappa shape index (κ2) is 6.87. The zero-order chi connectivity index (χ0) is 16.2. The fourth-order valence-corrected chi connectivity index (χ4v) is 2.77. The Kier molecular flexibility index (Phi) is 5.12. The monoisotopic (exact) mass is 339 g/mol. The first kappa shape index (κ1) is 16.4. The van der Waals surface area contributed by atoms with E-state index in [1.165, 1.54) is 25.3 Å². The maximum atomic E-state index is 12.1. The van der Waals surface area contributed by atoms with Crippen molar-refractivity contribution in [2.45, 2.75) is 18.4 Å². The molecule has 2 aromatic rings. The van der Waals surface area contributed by atoms with Crippen LogP contribution in [0.3, 0.4) is 0 Å². The maximum Gasteiger partial charge on any atom is 0.242 e. The smallest absolute Gasteiger partial charge is 0.242 e. The third kappa shape index (κ3) is 4.52. The summed E-state index contributed by atoms with van der Waals surface area (Å²) in [6, 6.07) is 9.67. The third-order valence-electron chi connectivity index (χ3n) is 2.75. The summed E-state index contributed by atoms with van der Waals surface area (Å²) in [5, 5.41) is 2.87. The van der Waals surface area contributed by atoms with Gasteiger partial charge in [-0.2, -0.15) is 0 Å². The molecule has 2 N–H and O–H groups in total. The minimum absolute atomic E-state index is 0.0479. The number of hydrogen-bond donors (Lipinski definition) is 2. The highest BCUT2D eigenvalue weighted by Crippen LogP contribution is 2.13. The molecule has 0 saturated heterocycles. The van der Waals surface area contributed by atoms with Gasteiger partial charge in [0.1, 0.15) is 10.0 Å². The summed E-state index contributed by atoms with van der Waals surface area (Å²) in [4.78, 5) is 14.7. The van der Waals surface area contributed by atoms with Crippen LogP contribution in [0.5, 0.6) is 0 Å². The molecule has 0 bridgehead atoms. The van der Waals surface area contributed by atoms with Crippen molar-refractivity contribution in [3.05, 3.63) is 53.3 Å². The van der Waals surface area contributed by atoms with Crippen LogP contribution >= 0.6 is 11.6 Å². The number of halogens is 1. The predicted molar refractivity (Wildman–Crippen MR) is 84.0 cm³/mol. The summed E-state index contributed by atoms with van der Waals surface area (Å²) in [7, 11) is -3.65. The lowest BCUT2D eigenvalue weighted by atomic mass is 10.2. The van der Waals surface area contributed by atoms with Crippen molar-refractivity contribution in [2.75, 3.05) is 5.32 Å². The summed E-state index contributed by atoms with van der Waals surface area (Å²) in [6.07, 6.45) is 1.20. The van der Waals surface area contributed by atoms with E-state index in [-0.39, 0.29) is 22.5 Å². The van der Waals surface area contributed by atoms with Gasteiger partial charge in [-0.05, 0) is 29.8 Å². The largest absolute Gasteiger partial charge is 0.326 e. The summed E-state index contributed by atoms with van der Waals surface area (Å²) in [5.74, 6) is -0.163. The van der Waals surface area contributed by atoms with E-state index in [0.717, 1.165) is 5.56 Å². The Morgan fingerprint density at radius 1 is 1.18 bits per heavy atom. The van der Waals surface area contributed by atoms with E-state index in [1.54, 1.807) is 24.3 Å². The van der Waals surface area contributed by atoms with Crippen LogP contribution in [0, 0.1) is 0 Å². The van der Waals surface area contributed by atoms with Crippen molar-refractivity contribution >= 4 is 33.2 Å². The van der Waals surface area contributed by atoms with Crippen molar-refractivity contribution in [1.29, 1.82) is 0 Å². The summed E-state index contributed by atoms with van der Waals surface area (Å²) < 4.78 is 26.6. The van der Waals surface area contributed by atoms with Crippen molar-refractivity contribution in [3.8, 4) is 0 Å². The zero-order valence-corrected chi connectivity index (χ0v) is 13.3. The fraction of sp³-hybridized carbons (Fsp3) is 0.143. The molecule has 6 nitrogen and oxygen atoms in total. The third-order valence-corrected chi connectivity index (χ3v) is 4.36. The lowest BCUT2D eigenvalue weighted by Crippen LogP contribution is -2.23. The van der Waals surface area contributed by atoms with E-state index in [9.17, 15) is 13.2 Å². The highest BCUT2D eigenvalue weighted by molar-refractivity contribution is 7.89. The van der Waals surface area contributed by atoms with Gasteiger partial charge in [0.25, 0.3) is 0 Å². The van der Waals surface area contributed by atoms with Gasteiger partial charge in [0.15, 0.2) is 0 Å². The summed E-state index contributed by atoms with van der Waals surface area (Å²) in [5.41, 5.74) is 1.42. The molecule has 0 saturated carbocycles. The number of amides is 1. The van der Waals surface area contributed by atoms with E-state index < -0.39 is 10.0 Å². The SMILES string of the molecule is CC(=O)Nc1ccc(CNS(=O)(=O)c2ccc(Cl)nc2)cc1. The minimum atomic E-state index is -3.65. The number of rotatable bonds is 5. The normalized spacial score (nSPS) is 11.2. The number of carbonyl (C=O) groups is 1. The Morgan fingerprint density at radius 3 is 2.41 bits per heavy atom. The van der Waals surface area contributed by atoms with E-state index in [2.05, 4.69) is 15.0 Å². The number of sulfonamides is 1. The molecule has 0 aliphatic carbocycles. The molecule has 22 heavy (non-hydrogen) atoms. The van der Waals surface area contributed by atoms with E-state index >= 15 is 0 Å². The molecule has 0 aliphatic heterocycles. The van der Waals surface area contributed by atoms with Crippen LogP contribution in [0.25, 0.3) is 0 Å². The quantitative estimate of drug-likeness (QED) is 0.817. The second-order valence-electron chi connectivity index (χ2n) is 4.52. The van der Waals surface area contributed by atoms with Crippen molar-refractivity contribution in [1.82, 2.24) is 9.71 Å². The van der Waals surface area contributed by atoms with Crippen LogP contribution in [0.15, 0.2) is 47.5 Å². The van der Waals surface area contributed by atoms with Gasteiger partial charge in [0.05, 0.1) is 0 Å². The van der Waals surface area contributed by atoms with Gasteiger partial charge in [0, 0.05) is 25.4 Å². The fourth-order valence-electron chi connectivity index (χ4n) is 1.69. The number of carbonyl (C=O) groups excluding carboxylic acids is 1. The molecule has 0 spiro atoms. The van der Waals surface area contributed by atoms with Crippen molar-refractivity contribution in [3.63, 3.8) is 0 Å². The van der Waals surface area contributed by atoms with Gasteiger partial charge in [-0.3, -0.25) is 4.79 Å². The molecule has 1 heterocycles. The highest BCUT2D eigenvalue weighted by Gasteiger charge is 2.13. The molecule has 1 amide bonds. The van der Waals surface area contributed by atoms with Crippen molar-refractivity contribution < 1.29 is 13.2 Å². The Hall–Kier alpha value is -1.96. The van der Waals surface area contributed by atoms with Gasteiger partial charge in [-0.1, -0.05) is 23.7 Å². The number of pyridine rings is 1. The maximum absolute atomic E-state index is 12.1. The first-order chi connectivity index (χ1) is 10.4. The molecule has 2 rings (SSSR count). The topological polar surface area (TPSA) is 88.2 Å². The number of benzene rings is 1. The molecule has 116 valence electrons. The van der Waals surface area contributed by atoms with Gasteiger partial charge in [-0.15, -0.1) is 0 Å². The minimum Gasteiger partial charge on any atom is -0.326 e. The van der Waals surface area contributed by atoms with Gasteiger partial charge in [0.2, 0.25) is 15.9 Å². The van der Waals surface area contributed by atoms with Crippen LogP contribution in [-0.4, -0.2) is 19.3 Å². The Balaban J connectivity index is 2.02. The molecular weight excluding hydrogens is 326 g/mol. The molecule has 0 atom stereocenters. The summed E-state index contributed by atoms with van der Waals surface area (Å²) in [6.45, 7) is 1.55. The first-order valence-corrected chi connectivity index (χ1v) is 8.21. The van der Waals surface area contributed by atoms with Crippen molar-refractivity contribution in [2.24, 2.45) is 0 Å². The van der Waals surface area contributed by atoms with Crippen LogP contribution in [-0.2, 0) is 21.4 Å². The van der Waals surface area contributed by atoms with Crippen LogP contribution in [0.4, 0.5) is 5.69 Å². The number of aromatic nitrogens is 1. The van der Waals surface area contributed by atoms with E-state index in [1.807, 2.05) is 0 Å². The zero-order valence-electron chi connectivity index (χ0n) is 11.7. The van der Waals surface area contributed by atoms with Crippen LogP contribution < -0.4 is 10.0 Å². The van der Waals surface area contributed by atoms with Gasteiger partial charge in [-0.25, -0.2) is 18.1 Å².